The van der Waals surface area contributed by atoms with E-state index in [1.807, 2.05) is 18.7 Å². The van der Waals surface area contributed by atoms with Crippen molar-refractivity contribution in [2.24, 2.45) is 11.3 Å². The Morgan fingerprint density at radius 3 is 2.70 bits per heavy atom. The Morgan fingerprint density at radius 2 is 2.20 bits per heavy atom. The fraction of sp³-hybridized carbons (Fsp3) is 0.500. The average Bonchev–Trinajstić information content (AvgIpc) is 2.85. The largest absolute Gasteiger partial charge is 0.481 e. The molecule has 1 saturated heterocycles. The molecule has 1 heterocycles. The first-order chi connectivity index (χ1) is 9.36. The van der Waals surface area contributed by atoms with Crippen molar-refractivity contribution in [2.45, 2.75) is 20.3 Å². The Hall–Kier alpha value is -2.11. The zero-order valence-corrected chi connectivity index (χ0v) is 11.6. The zero-order chi connectivity index (χ0) is 14.9. The Morgan fingerprint density at radius 1 is 1.50 bits per heavy atom. The van der Waals surface area contributed by atoms with E-state index < -0.39 is 16.3 Å². The molecule has 1 fully saturated rings. The molecule has 20 heavy (non-hydrogen) atoms. The molecule has 6 heteroatoms. The lowest BCUT2D eigenvalue weighted by atomic mass is 9.76. The monoisotopic (exact) mass is 278 g/mol. The first kappa shape index (κ1) is 14.3. The number of non-ortho nitro benzene ring substituents is 1. The van der Waals surface area contributed by atoms with Crippen LogP contribution in [0, 0.1) is 21.4 Å². The quantitative estimate of drug-likeness (QED) is 0.676. The van der Waals surface area contributed by atoms with Gasteiger partial charge in [-0.25, -0.2) is 0 Å². The average molecular weight is 278 g/mol. The van der Waals surface area contributed by atoms with Crippen LogP contribution < -0.4 is 4.90 Å². The topological polar surface area (TPSA) is 83.7 Å². The third kappa shape index (κ3) is 2.33. The van der Waals surface area contributed by atoms with Gasteiger partial charge in [-0.15, -0.1) is 0 Å². The first-order valence-electron chi connectivity index (χ1n) is 6.59. The SMILES string of the molecule is CC(C)C1(C(=O)O)CCN(c2cccc([N+](=O)[O-])c2)C1. The van der Waals surface area contributed by atoms with Crippen LogP contribution in [-0.2, 0) is 4.79 Å². The van der Waals surface area contributed by atoms with Gasteiger partial charge in [0.2, 0.25) is 0 Å². The van der Waals surface area contributed by atoms with Crippen LogP contribution in [0.2, 0.25) is 0 Å². The van der Waals surface area contributed by atoms with Gasteiger partial charge in [0, 0.05) is 30.9 Å². The Balaban J connectivity index is 2.27. The van der Waals surface area contributed by atoms with Gasteiger partial charge < -0.3 is 10.0 Å². The van der Waals surface area contributed by atoms with E-state index >= 15 is 0 Å². The minimum absolute atomic E-state index is 0.0173. The molecule has 108 valence electrons. The molecule has 0 amide bonds. The van der Waals surface area contributed by atoms with Crippen LogP contribution in [0.15, 0.2) is 24.3 Å². The maximum absolute atomic E-state index is 11.6. The van der Waals surface area contributed by atoms with Crippen molar-refractivity contribution in [1.82, 2.24) is 0 Å². The van der Waals surface area contributed by atoms with Gasteiger partial charge >= 0.3 is 5.97 Å². The summed E-state index contributed by atoms with van der Waals surface area (Å²) in [5, 5.41) is 20.3. The molecule has 0 saturated carbocycles. The summed E-state index contributed by atoms with van der Waals surface area (Å²) < 4.78 is 0. The Bertz CT molecular complexity index is 544. The molecular weight excluding hydrogens is 260 g/mol. The number of carboxylic acid groups (broad SMARTS) is 1. The van der Waals surface area contributed by atoms with E-state index in [1.54, 1.807) is 12.1 Å². The minimum atomic E-state index is -0.791. The summed E-state index contributed by atoms with van der Waals surface area (Å²) >= 11 is 0. The van der Waals surface area contributed by atoms with Crippen LogP contribution in [0.4, 0.5) is 11.4 Å². The second-order valence-electron chi connectivity index (χ2n) is 5.56. The van der Waals surface area contributed by atoms with Gasteiger partial charge in [0.1, 0.15) is 0 Å². The van der Waals surface area contributed by atoms with Gasteiger partial charge in [-0.1, -0.05) is 19.9 Å². The number of hydrogen-bond acceptors (Lipinski definition) is 4. The van der Waals surface area contributed by atoms with E-state index in [0.29, 0.717) is 25.2 Å². The number of rotatable bonds is 4. The molecule has 1 aliphatic rings. The van der Waals surface area contributed by atoms with E-state index in [2.05, 4.69) is 0 Å². The van der Waals surface area contributed by atoms with Crippen LogP contribution in [0.5, 0.6) is 0 Å². The molecular formula is C14H18N2O4. The van der Waals surface area contributed by atoms with Gasteiger partial charge in [0.25, 0.3) is 5.69 Å². The van der Waals surface area contributed by atoms with Crippen LogP contribution in [0.3, 0.4) is 0 Å². The lowest BCUT2D eigenvalue weighted by molar-refractivity contribution is -0.384. The second kappa shape index (κ2) is 5.11. The third-order valence-corrected chi connectivity index (χ3v) is 4.24. The summed E-state index contributed by atoms with van der Waals surface area (Å²) in [7, 11) is 0. The molecule has 0 bridgehead atoms. The summed E-state index contributed by atoms with van der Waals surface area (Å²) in [5.74, 6) is -0.774. The summed E-state index contributed by atoms with van der Waals surface area (Å²) in [5.41, 5.74) is -0.0344. The lowest BCUT2D eigenvalue weighted by Gasteiger charge is -2.29. The molecule has 1 atom stereocenters. The molecule has 6 nitrogen and oxygen atoms in total. The Labute approximate surface area is 117 Å². The molecule has 1 unspecified atom stereocenters. The highest BCUT2D eigenvalue weighted by Gasteiger charge is 2.47. The van der Waals surface area contributed by atoms with Gasteiger partial charge in [0.05, 0.1) is 10.3 Å². The molecule has 0 aromatic heterocycles. The summed E-state index contributed by atoms with van der Waals surface area (Å²) in [6, 6.07) is 6.35. The number of hydrogen-bond donors (Lipinski definition) is 1. The van der Waals surface area contributed by atoms with E-state index in [0.717, 1.165) is 0 Å². The smallest absolute Gasteiger partial charge is 0.311 e. The van der Waals surface area contributed by atoms with Crippen molar-refractivity contribution in [3.63, 3.8) is 0 Å². The van der Waals surface area contributed by atoms with E-state index in [-0.39, 0.29) is 11.6 Å². The predicted octanol–water partition coefficient (Wildman–Crippen LogP) is 2.53. The van der Waals surface area contributed by atoms with Gasteiger partial charge in [-0.2, -0.15) is 0 Å². The standard InChI is InChI=1S/C14H18N2O4/c1-10(2)14(13(17)18)6-7-15(9-14)11-4-3-5-12(8-11)16(19)20/h3-5,8,10H,6-7,9H2,1-2H3,(H,17,18). The first-order valence-corrected chi connectivity index (χ1v) is 6.59. The van der Waals surface area contributed by atoms with Crippen molar-refractivity contribution in [3.05, 3.63) is 34.4 Å². The fourth-order valence-corrected chi connectivity index (χ4v) is 2.75. The van der Waals surface area contributed by atoms with Crippen molar-refractivity contribution in [2.75, 3.05) is 18.0 Å². The van der Waals surface area contributed by atoms with Crippen molar-refractivity contribution in [1.29, 1.82) is 0 Å². The maximum Gasteiger partial charge on any atom is 0.311 e. The summed E-state index contributed by atoms with van der Waals surface area (Å²) in [4.78, 5) is 23.9. The molecule has 1 aliphatic heterocycles. The molecule has 0 aliphatic carbocycles. The highest BCUT2D eigenvalue weighted by Crippen LogP contribution is 2.40. The normalized spacial score (nSPS) is 22.2. The van der Waals surface area contributed by atoms with E-state index in [4.69, 9.17) is 0 Å². The van der Waals surface area contributed by atoms with Crippen molar-refractivity contribution in [3.8, 4) is 0 Å². The Kier molecular flexibility index (Phi) is 3.65. The summed E-state index contributed by atoms with van der Waals surface area (Å²) in [6.45, 7) is 4.81. The number of nitrogens with zero attached hydrogens (tertiary/aromatic N) is 2. The van der Waals surface area contributed by atoms with Crippen molar-refractivity contribution < 1.29 is 14.8 Å². The van der Waals surface area contributed by atoms with Gasteiger partial charge in [0.15, 0.2) is 0 Å². The molecule has 0 spiro atoms. The molecule has 2 rings (SSSR count). The van der Waals surface area contributed by atoms with Crippen LogP contribution in [-0.4, -0.2) is 29.1 Å². The number of aliphatic carboxylic acids is 1. The van der Waals surface area contributed by atoms with E-state index in [1.165, 1.54) is 12.1 Å². The number of benzene rings is 1. The highest BCUT2D eigenvalue weighted by atomic mass is 16.6. The van der Waals surface area contributed by atoms with Crippen molar-refractivity contribution >= 4 is 17.3 Å². The molecule has 1 aromatic rings. The number of nitro benzene ring substituents is 1. The summed E-state index contributed by atoms with van der Waals surface area (Å²) in [6.07, 6.45) is 0.558. The van der Waals surface area contributed by atoms with Gasteiger partial charge in [-0.3, -0.25) is 14.9 Å². The van der Waals surface area contributed by atoms with E-state index in [9.17, 15) is 20.0 Å². The zero-order valence-electron chi connectivity index (χ0n) is 11.6. The second-order valence-corrected chi connectivity index (χ2v) is 5.56. The minimum Gasteiger partial charge on any atom is -0.481 e. The third-order valence-electron chi connectivity index (χ3n) is 4.24. The van der Waals surface area contributed by atoms with Crippen LogP contribution in [0.25, 0.3) is 0 Å². The fourth-order valence-electron chi connectivity index (χ4n) is 2.75. The molecule has 1 aromatic carbocycles. The maximum atomic E-state index is 11.6. The number of carboxylic acids is 1. The molecule has 1 N–H and O–H groups in total. The van der Waals surface area contributed by atoms with Crippen LogP contribution in [0.1, 0.15) is 20.3 Å². The number of anilines is 1. The molecule has 0 radical (unpaired) electrons. The number of nitro groups is 1. The predicted molar refractivity (Wildman–Crippen MR) is 74.8 cm³/mol. The van der Waals surface area contributed by atoms with Crippen LogP contribution >= 0.6 is 0 Å². The highest BCUT2D eigenvalue weighted by molar-refractivity contribution is 5.77. The number of carbonyl (C=O) groups is 1. The van der Waals surface area contributed by atoms with Gasteiger partial charge in [-0.05, 0) is 18.4 Å². The lowest BCUT2D eigenvalue weighted by Crippen LogP contribution is -2.39.